The third-order valence-electron chi connectivity index (χ3n) is 4.15. The number of nitrogens with zero attached hydrogens (tertiary/aromatic N) is 2. The molecule has 0 aliphatic rings. The maximum absolute atomic E-state index is 12.3. The van der Waals surface area contributed by atoms with Gasteiger partial charge in [-0.25, -0.2) is 4.79 Å². The van der Waals surface area contributed by atoms with E-state index in [1.54, 1.807) is 18.2 Å². The monoisotopic (exact) mass is 489 g/mol. The van der Waals surface area contributed by atoms with Gasteiger partial charge in [-0.05, 0) is 47.0 Å². The van der Waals surface area contributed by atoms with Crippen molar-refractivity contribution in [3.05, 3.63) is 66.7 Å². The maximum atomic E-state index is 12.3. The highest BCUT2D eigenvalue weighted by Gasteiger charge is 2.17. The van der Waals surface area contributed by atoms with Gasteiger partial charge in [0.05, 0.1) is 29.1 Å². The third-order valence-corrected chi connectivity index (χ3v) is 5.72. The van der Waals surface area contributed by atoms with Gasteiger partial charge in [0.1, 0.15) is 5.75 Å². The van der Waals surface area contributed by atoms with Crippen molar-refractivity contribution in [1.82, 2.24) is 0 Å². The van der Waals surface area contributed by atoms with Crippen LogP contribution in [0.1, 0.15) is 0 Å². The van der Waals surface area contributed by atoms with Crippen LogP contribution in [0.15, 0.2) is 81.9 Å². The molecular weight excluding hydrogens is 471 g/mol. The van der Waals surface area contributed by atoms with Crippen molar-refractivity contribution in [2.24, 2.45) is 10.2 Å². The maximum Gasteiger partial charge on any atom is 0.546 e. The van der Waals surface area contributed by atoms with Gasteiger partial charge in [-0.1, -0.05) is 12.1 Å². The smallest absolute Gasteiger partial charge is 0.494 e. The zero-order chi connectivity index (χ0) is 24.0. The van der Waals surface area contributed by atoms with Gasteiger partial charge >= 0.3 is 14.1 Å². The average Bonchev–Trinajstić information content (AvgIpc) is 2.78. The van der Waals surface area contributed by atoms with E-state index >= 15 is 0 Å². The van der Waals surface area contributed by atoms with E-state index in [-0.39, 0.29) is 21.6 Å². The van der Waals surface area contributed by atoms with Crippen LogP contribution < -0.4 is 20.7 Å². The first kappa shape index (κ1) is 24.0. The Kier molecular flexibility index (Phi) is 7.46. The Bertz CT molecular complexity index is 1350. The highest BCUT2D eigenvalue weighted by atomic mass is 32.2. The molecule has 0 saturated carbocycles. The fraction of sp³-hybridized carbons (Fsp3) is 0.0500. The van der Waals surface area contributed by atoms with Crippen LogP contribution >= 0.6 is 8.03 Å². The van der Waals surface area contributed by atoms with E-state index in [0.717, 1.165) is 0 Å². The quantitative estimate of drug-likeness (QED) is 0.217. The Morgan fingerprint density at radius 2 is 1.67 bits per heavy atom. The van der Waals surface area contributed by atoms with Crippen LogP contribution in [-0.2, 0) is 14.7 Å². The molecule has 3 aromatic rings. The summed E-state index contributed by atoms with van der Waals surface area (Å²) in [5.41, 5.74) is 1.22. The van der Waals surface area contributed by atoms with Crippen molar-refractivity contribution < 1.29 is 32.0 Å². The van der Waals surface area contributed by atoms with Crippen LogP contribution in [0.2, 0.25) is 0 Å². The van der Waals surface area contributed by atoms with Gasteiger partial charge in [-0.15, -0.1) is 0 Å². The largest absolute Gasteiger partial charge is 0.546 e. The van der Waals surface area contributed by atoms with Gasteiger partial charge in [0.15, 0.2) is 0 Å². The lowest BCUT2D eigenvalue weighted by molar-refractivity contribution is 0.262. The number of azo groups is 1. The standard InChI is InChI=1S/C20H17N4O7PS/c1-31-19-12-15(24-23-14-5-3-7-17(11-14)33(28,29)30)8-9-18(19)22-20(25)21-13-4-2-6-16(10-13)32(26)27/h2-12H,1H3,(H3-,21,22,23,25,26,27,28,29,30)/p+1. The minimum absolute atomic E-state index is 0.178. The predicted octanol–water partition coefficient (Wildman–Crippen LogP) is 4.36. The van der Waals surface area contributed by atoms with Crippen molar-refractivity contribution in [1.29, 1.82) is 0 Å². The molecule has 0 bridgehead atoms. The number of methoxy groups -OCH3 is 1. The van der Waals surface area contributed by atoms with Crippen molar-refractivity contribution in [2.45, 2.75) is 4.90 Å². The van der Waals surface area contributed by atoms with Crippen LogP contribution in [0.5, 0.6) is 5.75 Å². The van der Waals surface area contributed by atoms with Crippen molar-refractivity contribution >= 4 is 52.2 Å². The van der Waals surface area contributed by atoms with Crippen molar-refractivity contribution in [2.75, 3.05) is 17.7 Å². The van der Waals surface area contributed by atoms with Crippen LogP contribution in [-0.4, -0.2) is 31.0 Å². The molecule has 4 N–H and O–H groups in total. The number of carbonyl (C=O) groups excluding carboxylic acids is 1. The number of amides is 2. The number of hydrogen-bond donors (Lipinski definition) is 4. The van der Waals surface area contributed by atoms with Gasteiger partial charge in [0.25, 0.3) is 10.1 Å². The number of urea groups is 1. The Labute approximate surface area is 189 Å². The molecule has 0 fully saturated rings. The summed E-state index contributed by atoms with van der Waals surface area (Å²) in [4.78, 5) is 21.2. The summed E-state index contributed by atoms with van der Waals surface area (Å²) in [7, 11) is -5.49. The van der Waals surface area contributed by atoms with Crippen LogP contribution in [0.3, 0.4) is 0 Å². The molecule has 0 aromatic heterocycles. The van der Waals surface area contributed by atoms with Gasteiger partial charge in [0, 0.05) is 17.8 Å². The number of ether oxygens (including phenoxy) is 1. The normalized spacial score (nSPS) is 11.8. The second-order valence-electron chi connectivity index (χ2n) is 6.46. The molecule has 1 atom stereocenters. The summed E-state index contributed by atoms with van der Waals surface area (Å²) in [5, 5.41) is 13.3. The first-order chi connectivity index (χ1) is 15.7. The van der Waals surface area contributed by atoms with Gasteiger partial charge in [-0.3, -0.25) is 4.55 Å². The first-order valence-electron chi connectivity index (χ1n) is 9.17. The Morgan fingerprint density at radius 3 is 2.33 bits per heavy atom. The average molecular weight is 489 g/mol. The number of benzene rings is 3. The van der Waals surface area contributed by atoms with E-state index < -0.39 is 24.2 Å². The first-order valence-corrected chi connectivity index (χ1v) is 11.8. The molecule has 0 radical (unpaired) electrons. The molecule has 2 amide bonds. The summed E-state index contributed by atoms with van der Waals surface area (Å²) < 4.78 is 48.1. The molecule has 3 aromatic carbocycles. The van der Waals surface area contributed by atoms with E-state index in [4.69, 9.17) is 9.29 Å². The molecular formula is C20H18N4O7PS+. The Hall–Kier alpha value is -3.70. The number of nitrogens with one attached hydrogen (secondary N) is 2. The highest BCUT2D eigenvalue weighted by molar-refractivity contribution is 7.85. The lowest BCUT2D eigenvalue weighted by Gasteiger charge is -2.11. The summed E-state index contributed by atoms with van der Waals surface area (Å²) in [5.74, 6) is 0.278. The molecule has 0 aliphatic carbocycles. The minimum atomic E-state index is -4.36. The molecule has 1 unspecified atom stereocenters. The van der Waals surface area contributed by atoms with Crippen LogP contribution in [0.25, 0.3) is 0 Å². The summed E-state index contributed by atoms with van der Waals surface area (Å²) in [6.45, 7) is 0. The molecule has 0 spiro atoms. The number of anilines is 2. The molecule has 170 valence electrons. The van der Waals surface area contributed by atoms with Gasteiger partial charge < -0.3 is 15.4 Å². The highest BCUT2D eigenvalue weighted by Crippen LogP contribution is 2.31. The molecule has 0 saturated heterocycles. The molecule has 3 rings (SSSR count). The zero-order valence-corrected chi connectivity index (χ0v) is 18.7. The third kappa shape index (κ3) is 6.64. The SMILES string of the molecule is COc1cc(N=Nc2cccc(S(=O)(=O)O)c2)ccc1NC(=O)Nc1cccc([P+](=O)O)c1. The van der Waals surface area contributed by atoms with E-state index in [1.807, 2.05) is 0 Å². The summed E-state index contributed by atoms with van der Waals surface area (Å²) in [6, 6.07) is 15.3. The molecule has 13 heteroatoms. The number of carbonyl (C=O) groups is 1. The Balaban J connectivity index is 1.73. The lowest BCUT2D eigenvalue weighted by Crippen LogP contribution is -2.20. The Morgan fingerprint density at radius 1 is 0.970 bits per heavy atom. The molecule has 33 heavy (non-hydrogen) atoms. The molecule has 0 heterocycles. The zero-order valence-electron chi connectivity index (χ0n) is 17.0. The van der Waals surface area contributed by atoms with E-state index in [0.29, 0.717) is 17.1 Å². The van der Waals surface area contributed by atoms with Crippen LogP contribution in [0.4, 0.5) is 27.5 Å². The fourth-order valence-electron chi connectivity index (χ4n) is 2.65. The molecule has 0 aliphatic heterocycles. The number of hydrogen-bond acceptors (Lipinski definition) is 7. The van der Waals surface area contributed by atoms with E-state index in [9.17, 15) is 22.7 Å². The second-order valence-corrected chi connectivity index (χ2v) is 8.94. The fourth-order valence-corrected chi connectivity index (χ4v) is 3.64. The summed E-state index contributed by atoms with van der Waals surface area (Å²) >= 11 is 0. The van der Waals surface area contributed by atoms with Gasteiger partial charge in [-0.2, -0.15) is 23.5 Å². The number of rotatable bonds is 7. The van der Waals surface area contributed by atoms with Crippen molar-refractivity contribution in [3.63, 3.8) is 0 Å². The van der Waals surface area contributed by atoms with Gasteiger partial charge in [0.2, 0.25) is 5.30 Å². The van der Waals surface area contributed by atoms with E-state index in [2.05, 4.69) is 20.9 Å². The predicted molar refractivity (Wildman–Crippen MR) is 122 cm³/mol. The minimum Gasteiger partial charge on any atom is -0.494 e. The van der Waals surface area contributed by atoms with Crippen LogP contribution in [0, 0.1) is 0 Å². The summed E-state index contributed by atoms with van der Waals surface area (Å²) in [6.07, 6.45) is 0. The molecule has 11 nitrogen and oxygen atoms in total. The van der Waals surface area contributed by atoms with Crippen molar-refractivity contribution in [3.8, 4) is 5.75 Å². The topological polar surface area (TPSA) is 167 Å². The van der Waals surface area contributed by atoms with E-state index in [1.165, 1.54) is 55.6 Å². The lowest BCUT2D eigenvalue weighted by atomic mass is 10.2. The second kappa shape index (κ2) is 10.3.